The monoisotopic (exact) mass is 386 g/mol. The van der Waals surface area contributed by atoms with Gasteiger partial charge in [0.05, 0.1) is 23.0 Å². The van der Waals surface area contributed by atoms with Crippen LogP contribution in [0.3, 0.4) is 0 Å². The second-order valence-corrected chi connectivity index (χ2v) is 6.64. The standard InChI is InChI=1S/C20H17F3N4O/c1-13-16(19(28)26-8-3-2-4-9-26)11-24-18-17(12-25-27(13)18)14-6-5-7-15(10-14)20(21,22)23/h2-3,5-7,10-12H,4,8-9H2,1H3. The van der Waals surface area contributed by atoms with Crippen molar-refractivity contribution in [2.75, 3.05) is 13.1 Å². The maximum atomic E-state index is 13.0. The van der Waals surface area contributed by atoms with Gasteiger partial charge in [-0.05, 0) is 31.0 Å². The zero-order valence-electron chi connectivity index (χ0n) is 15.1. The number of amides is 1. The Hall–Kier alpha value is -3.16. The average Bonchev–Trinajstić information content (AvgIpc) is 3.13. The van der Waals surface area contributed by atoms with Gasteiger partial charge in [0.25, 0.3) is 5.91 Å². The lowest BCUT2D eigenvalue weighted by Gasteiger charge is -2.24. The van der Waals surface area contributed by atoms with E-state index in [4.69, 9.17) is 0 Å². The predicted molar refractivity (Wildman–Crippen MR) is 97.8 cm³/mol. The minimum absolute atomic E-state index is 0.132. The summed E-state index contributed by atoms with van der Waals surface area (Å²) in [5, 5.41) is 4.26. The molecular weight excluding hydrogens is 369 g/mol. The van der Waals surface area contributed by atoms with Crippen molar-refractivity contribution in [2.24, 2.45) is 0 Å². The second kappa shape index (κ2) is 6.78. The molecule has 3 aromatic rings. The lowest BCUT2D eigenvalue weighted by atomic mass is 10.1. The van der Waals surface area contributed by atoms with Crippen LogP contribution in [-0.4, -0.2) is 38.5 Å². The fraction of sp³-hybridized carbons (Fsp3) is 0.250. The molecule has 28 heavy (non-hydrogen) atoms. The van der Waals surface area contributed by atoms with Crippen molar-refractivity contribution in [1.82, 2.24) is 19.5 Å². The molecule has 0 saturated carbocycles. The van der Waals surface area contributed by atoms with Gasteiger partial charge in [-0.25, -0.2) is 9.50 Å². The highest BCUT2D eigenvalue weighted by Crippen LogP contribution is 2.33. The number of benzene rings is 1. The van der Waals surface area contributed by atoms with E-state index < -0.39 is 11.7 Å². The zero-order chi connectivity index (χ0) is 19.9. The van der Waals surface area contributed by atoms with Crippen LogP contribution in [-0.2, 0) is 6.18 Å². The molecule has 0 fully saturated rings. The van der Waals surface area contributed by atoms with E-state index in [1.165, 1.54) is 23.0 Å². The molecule has 0 spiro atoms. The van der Waals surface area contributed by atoms with Crippen LogP contribution in [0.15, 0.2) is 48.8 Å². The van der Waals surface area contributed by atoms with Gasteiger partial charge in [0.2, 0.25) is 0 Å². The third-order valence-corrected chi connectivity index (χ3v) is 4.84. The minimum Gasteiger partial charge on any atom is -0.335 e. The number of hydrogen-bond acceptors (Lipinski definition) is 3. The number of alkyl halides is 3. The number of rotatable bonds is 2. The third kappa shape index (κ3) is 3.15. The molecule has 1 aliphatic rings. The highest BCUT2D eigenvalue weighted by molar-refractivity contribution is 5.95. The topological polar surface area (TPSA) is 50.5 Å². The Morgan fingerprint density at radius 2 is 2.00 bits per heavy atom. The van der Waals surface area contributed by atoms with Crippen molar-refractivity contribution in [3.63, 3.8) is 0 Å². The number of aryl methyl sites for hydroxylation is 1. The molecule has 0 bridgehead atoms. The van der Waals surface area contributed by atoms with Crippen LogP contribution >= 0.6 is 0 Å². The zero-order valence-corrected chi connectivity index (χ0v) is 15.1. The van der Waals surface area contributed by atoms with E-state index in [1.807, 2.05) is 12.2 Å². The number of hydrogen-bond donors (Lipinski definition) is 0. The molecular formula is C20H17F3N4O. The molecule has 0 unspecified atom stereocenters. The lowest BCUT2D eigenvalue weighted by molar-refractivity contribution is -0.137. The molecule has 4 rings (SSSR count). The first-order valence-corrected chi connectivity index (χ1v) is 8.81. The van der Waals surface area contributed by atoms with Gasteiger partial charge in [-0.3, -0.25) is 4.79 Å². The van der Waals surface area contributed by atoms with Gasteiger partial charge in [0.1, 0.15) is 0 Å². The third-order valence-electron chi connectivity index (χ3n) is 4.84. The molecule has 3 heterocycles. The smallest absolute Gasteiger partial charge is 0.335 e. The van der Waals surface area contributed by atoms with Gasteiger partial charge < -0.3 is 4.90 Å². The van der Waals surface area contributed by atoms with Crippen LogP contribution < -0.4 is 0 Å². The molecule has 0 saturated heterocycles. The summed E-state index contributed by atoms with van der Waals surface area (Å²) >= 11 is 0. The van der Waals surface area contributed by atoms with Gasteiger partial charge in [-0.15, -0.1) is 0 Å². The van der Waals surface area contributed by atoms with Crippen molar-refractivity contribution < 1.29 is 18.0 Å². The molecule has 8 heteroatoms. The minimum atomic E-state index is -4.43. The Labute approximate surface area is 159 Å². The van der Waals surface area contributed by atoms with Crippen molar-refractivity contribution in [1.29, 1.82) is 0 Å². The number of fused-ring (bicyclic) bond motifs is 1. The fourth-order valence-corrected chi connectivity index (χ4v) is 3.32. The summed E-state index contributed by atoms with van der Waals surface area (Å²) in [6, 6.07) is 5.05. The average molecular weight is 386 g/mol. The molecule has 1 aromatic carbocycles. The number of carbonyl (C=O) groups is 1. The number of nitrogens with zero attached hydrogens (tertiary/aromatic N) is 4. The number of halogens is 3. The summed E-state index contributed by atoms with van der Waals surface area (Å²) in [6.07, 6.45) is 3.31. The summed E-state index contributed by atoms with van der Waals surface area (Å²) in [5.74, 6) is -0.132. The summed E-state index contributed by atoms with van der Waals surface area (Å²) in [4.78, 5) is 18.9. The van der Waals surface area contributed by atoms with E-state index >= 15 is 0 Å². The van der Waals surface area contributed by atoms with E-state index in [1.54, 1.807) is 17.9 Å². The molecule has 1 amide bonds. The Balaban J connectivity index is 1.75. The maximum absolute atomic E-state index is 13.0. The Bertz CT molecular complexity index is 1080. The summed E-state index contributed by atoms with van der Waals surface area (Å²) in [6.45, 7) is 2.94. The number of carbonyl (C=O) groups excluding carboxylic acids is 1. The van der Waals surface area contributed by atoms with Gasteiger partial charge in [0, 0.05) is 24.8 Å². The van der Waals surface area contributed by atoms with Gasteiger partial charge in [0.15, 0.2) is 5.65 Å². The van der Waals surface area contributed by atoms with Gasteiger partial charge in [-0.2, -0.15) is 18.3 Å². The van der Waals surface area contributed by atoms with Crippen molar-refractivity contribution in [3.05, 3.63) is 65.6 Å². The van der Waals surface area contributed by atoms with E-state index in [0.717, 1.165) is 18.6 Å². The van der Waals surface area contributed by atoms with Crippen LogP contribution in [0.1, 0.15) is 28.0 Å². The van der Waals surface area contributed by atoms with Gasteiger partial charge in [-0.1, -0.05) is 24.3 Å². The molecule has 5 nitrogen and oxygen atoms in total. The van der Waals surface area contributed by atoms with Crippen LogP contribution in [0, 0.1) is 6.92 Å². The first-order chi connectivity index (χ1) is 13.4. The van der Waals surface area contributed by atoms with Crippen LogP contribution in [0.4, 0.5) is 13.2 Å². The van der Waals surface area contributed by atoms with Crippen molar-refractivity contribution in [3.8, 4) is 11.1 Å². The quantitative estimate of drug-likeness (QED) is 0.623. The summed E-state index contributed by atoms with van der Waals surface area (Å²) in [5.41, 5.74) is 1.56. The molecule has 1 aliphatic heterocycles. The lowest BCUT2D eigenvalue weighted by Crippen LogP contribution is -2.34. The van der Waals surface area contributed by atoms with E-state index in [2.05, 4.69) is 10.1 Å². The Morgan fingerprint density at radius 1 is 1.18 bits per heavy atom. The highest BCUT2D eigenvalue weighted by atomic mass is 19.4. The largest absolute Gasteiger partial charge is 0.416 e. The molecule has 144 valence electrons. The van der Waals surface area contributed by atoms with Crippen LogP contribution in [0.5, 0.6) is 0 Å². The molecule has 0 atom stereocenters. The molecule has 0 aliphatic carbocycles. The Morgan fingerprint density at radius 3 is 2.71 bits per heavy atom. The van der Waals surface area contributed by atoms with Gasteiger partial charge >= 0.3 is 6.18 Å². The molecule has 2 aromatic heterocycles. The van der Waals surface area contributed by atoms with E-state index in [9.17, 15) is 18.0 Å². The summed E-state index contributed by atoms with van der Waals surface area (Å²) < 4.78 is 40.6. The van der Waals surface area contributed by atoms with E-state index in [0.29, 0.717) is 41.1 Å². The number of aromatic nitrogens is 3. The van der Waals surface area contributed by atoms with Crippen LogP contribution in [0.25, 0.3) is 16.8 Å². The molecule has 0 N–H and O–H groups in total. The first kappa shape index (κ1) is 18.2. The SMILES string of the molecule is Cc1c(C(=O)N2CC=CCC2)cnc2c(-c3cccc(C(F)(F)F)c3)cnn12. The summed E-state index contributed by atoms with van der Waals surface area (Å²) in [7, 11) is 0. The maximum Gasteiger partial charge on any atom is 0.416 e. The fourth-order valence-electron chi connectivity index (χ4n) is 3.32. The Kier molecular flexibility index (Phi) is 4.41. The van der Waals surface area contributed by atoms with Crippen molar-refractivity contribution >= 4 is 11.6 Å². The predicted octanol–water partition coefficient (Wildman–Crippen LogP) is 4.13. The van der Waals surface area contributed by atoms with E-state index in [-0.39, 0.29) is 5.91 Å². The highest BCUT2D eigenvalue weighted by Gasteiger charge is 2.30. The first-order valence-electron chi connectivity index (χ1n) is 8.81. The van der Waals surface area contributed by atoms with Crippen molar-refractivity contribution in [2.45, 2.75) is 19.5 Å². The van der Waals surface area contributed by atoms with Crippen LogP contribution in [0.2, 0.25) is 0 Å². The normalized spacial score (nSPS) is 14.6. The molecule has 0 radical (unpaired) electrons. The second-order valence-electron chi connectivity index (χ2n) is 6.64.